The average molecular weight is 370 g/mol. The Balaban J connectivity index is 1.39. The lowest BCUT2D eigenvalue weighted by atomic mass is 9.91. The van der Waals surface area contributed by atoms with Crippen molar-refractivity contribution in [3.63, 3.8) is 0 Å². The number of benzene rings is 1. The van der Waals surface area contributed by atoms with Crippen molar-refractivity contribution in [2.45, 2.75) is 38.5 Å². The van der Waals surface area contributed by atoms with Crippen LogP contribution in [0.25, 0.3) is 10.9 Å². The third-order valence-electron chi connectivity index (χ3n) is 5.48. The predicted molar refractivity (Wildman–Crippen MR) is 99.6 cm³/mol. The Morgan fingerprint density at radius 3 is 2.70 bits per heavy atom. The highest BCUT2D eigenvalue weighted by Crippen LogP contribution is 2.25. The molecular formula is C20H23FN4O2. The van der Waals surface area contributed by atoms with Crippen molar-refractivity contribution in [2.24, 2.45) is 0 Å². The maximum atomic E-state index is 13.5. The van der Waals surface area contributed by atoms with E-state index in [9.17, 15) is 14.3 Å². The fourth-order valence-electron chi connectivity index (χ4n) is 3.76. The van der Waals surface area contributed by atoms with Crippen LogP contribution in [0, 0.1) is 12.7 Å². The maximum absolute atomic E-state index is 13.5. The lowest BCUT2D eigenvalue weighted by molar-refractivity contribution is -0.136. The lowest BCUT2D eigenvalue weighted by Gasteiger charge is -2.38. The summed E-state index contributed by atoms with van der Waals surface area (Å²) in [5, 5.41) is 11.8. The Morgan fingerprint density at radius 1 is 1.22 bits per heavy atom. The van der Waals surface area contributed by atoms with Crippen molar-refractivity contribution >= 4 is 16.8 Å². The second kappa shape index (κ2) is 6.81. The van der Waals surface area contributed by atoms with E-state index in [4.69, 9.17) is 0 Å². The van der Waals surface area contributed by atoms with E-state index < -0.39 is 5.60 Å². The molecule has 6 nitrogen and oxygen atoms in total. The van der Waals surface area contributed by atoms with Gasteiger partial charge < -0.3 is 19.1 Å². The zero-order valence-electron chi connectivity index (χ0n) is 15.3. The van der Waals surface area contributed by atoms with Crippen molar-refractivity contribution in [1.29, 1.82) is 0 Å². The number of carbonyl (C=O) groups excluding carboxylic acids is 1. The van der Waals surface area contributed by atoms with E-state index in [1.54, 1.807) is 21.7 Å². The van der Waals surface area contributed by atoms with E-state index in [0.717, 1.165) is 11.2 Å². The number of piperidine rings is 1. The number of halogens is 1. The number of aryl methyl sites for hydroxylation is 1. The first-order valence-corrected chi connectivity index (χ1v) is 9.16. The Morgan fingerprint density at radius 2 is 2.00 bits per heavy atom. The standard InChI is InChI=1S/C20H23FN4O2/c1-15-22-7-11-25(15)14-20(27)5-9-23(10-6-20)19(26)13-24-8-4-16-2-3-17(21)12-18(16)24/h2-4,7-8,11-12,27H,5-6,9-10,13-14H2,1H3. The van der Waals surface area contributed by atoms with Gasteiger partial charge in [0.2, 0.25) is 5.91 Å². The fourth-order valence-corrected chi connectivity index (χ4v) is 3.76. The molecule has 1 amide bonds. The van der Waals surface area contributed by atoms with Gasteiger partial charge in [0, 0.05) is 31.7 Å². The quantitative estimate of drug-likeness (QED) is 0.767. The molecule has 1 aromatic carbocycles. The van der Waals surface area contributed by atoms with Gasteiger partial charge in [0.05, 0.1) is 17.7 Å². The molecule has 1 N–H and O–H groups in total. The molecule has 27 heavy (non-hydrogen) atoms. The van der Waals surface area contributed by atoms with E-state index in [1.807, 2.05) is 30.0 Å². The topological polar surface area (TPSA) is 63.3 Å². The Hall–Kier alpha value is -2.67. The van der Waals surface area contributed by atoms with Gasteiger partial charge in [-0.05, 0) is 49.4 Å². The normalized spacial score (nSPS) is 16.8. The molecule has 1 saturated heterocycles. The van der Waals surface area contributed by atoms with Crippen LogP contribution in [0.2, 0.25) is 0 Å². The second-order valence-corrected chi connectivity index (χ2v) is 7.35. The molecule has 3 heterocycles. The molecule has 142 valence electrons. The molecule has 0 saturated carbocycles. The molecule has 1 aliphatic heterocycles. The number of aliphatic hydroxyl groups is 1. The summed E-state index contributed by atoms with van der Waals surface area (Å²) >= 11 is 0. The Kier molecular flexibility index (Phi) is 4.47. The SMILES string of the molecule is Cc1nccn1CC1(O)CCN(C(=O)Cn2ccc3ccc(F)cc32)CC1. The number of nitrogens with zero attached hydrogens (tertiary/aromatic N) is 4. The summed E-state index contributed by atoms with van der Waals surface area (Å²) < 4.78 is 17.2. The molecule has 2 aromatic heterocycles. The van der Waals surface area contributed by atoms with Gasteiger partial charge in [-0.2, -0.15) is 0 Å². The third kappa shape index (κ3) is 3.60. The van der Waals surface area contributed by atoms with Crippen LogP contribution in [0.15, 0.2) is 42.9 Å². The number of hydrogen-bond acceptors (Lipinski definition) is 3. The summed E-state index contributed by atoms with van der Waals surface area (Å²) in [5.41, 5.74) is -0.113. The number of imidazole rings is 1. The zero-order valence-corrected chi connectivity index (χ0v) is 15.3. The van der Waals surface area contributed by atoms with Crippen LogP contribution in [-0.4, -0.2) is 48.7 Å². The van der Waals surface area contributed by atoms with Crippen LogP contribution >= 0.6 is 0 Å². The van der Waals surface area contributed by atoms with Crippen molar-refractivity contribution in [1.82, 2.24) is 19.0 Å². The highest BCUT2D eigenvalue weighted by molar-refractivity contribution is 5.83. The van der Waals surface area contributed by atoms with E-state index in [-0.39, 0.29) is 18.3 Å². The molecular weight excluding hydrogens is 347 g/mol. The van der Waals surface area contributed by atoms with Gasteiger partial charge >= 0.3 is 0 Å². The molecule has 0 atom stereocenters. The number of carbonyl (C=O) groups is 1. The fraction of sp³-hybridized carbons (Fsp3) is 0.400. The molecule has 0 spiro atoms. The van der Waals surface area contributed by atoms with Gasteiger partial charge in [0.25, 0.3) is 0 Å². The predicted octanol–water partition coefficient (Wildman–Crippen LogP) is 2.34. The van der Waals surface area contributed by atoms with E-state index >= 15 is 0 Å². The van der Waals surface area contributed by atoms with Crippen LogP contribution < -0.4 is 0 Å². The number of fused-ring (bicyclic) bond motifs is 1. The highest BCUT2D eigenvalue weighted by Gasteiger charge is 2.34. The van der Waals surface area contributed by atoms with Gasteiger partial charge in [-0.15, -0.1) is 0 Å². The van der Waals surface area contributed by atoms with Crippen molar-refractivity contribution in [2.75, 3.05) is 13.1 Å². The maximum Gasteiger partial charge on any atom is 0.242 e. The van der Waals surface area contributed by atoms with E-state index in [2.05, 4.69) is 4.98 Å². The van der Waals surface area contributed by atoms with Crippen molar-refractivity contribution in [3.05, 3.63) is 54.5 Å². The minimum Gasteiger partial charge on any atom is -0.388 e. The number of aromatic nitrogens is 3. The number of likely N-dealkylation sites (tertiary alicyclic amines) is 1. The molecule has 3 aromatic rings. The van der Waals surface area contributed by atoms with Crippen molar-refractivity contribution < 1.29 is 14.3 Å². The molecule has 0 radical (unpaired) electrons. The van der Waals surface area contributed by atoms with Gasteiger partial charge in [-0.25, -0.2) is 9.37 Å². The van der Waals surface area contributed by atoms with Gasteiger partial charge in [0.15, 0.2) is 0 Å². The number of hydrogen-bond donors (Lipinski definition) is 1. The number of rotatable bonds is 4. The molecule has 4 rings (SSSR count). The molecule has 0 bridgehead atoms. The Bertz CT molecular complexity index is 969. The molecule has 1 fully saturated rings. The first-order valence-electron chi connectivity index (χ1n) is 9.16. The minimum atomic E-state index is -0.828. The smallest absolute Gasteiger partial charge is 0.242 e. The molecule has 0 aliphatic carbocycles. The second-order valence-electron chi connectivity index (χ2n) is 7.35. The summed E-state index contributed by atoms with van der Waals surface area (Å²) in [7, 11) is 0. The molecule has 1 aliphatic rings. The summed E-state index contributed by atoms with van der Waals surface area (Å²) in [4.78, 5) is 18.7. The van der Waals surface area contributed by atoms with E-state index in [0.29, 0.717) is 38.0 Å². The van der Waals surface area contributed by atoms with Crippen LogP contribution in [0.4, 0.5) is 4.39 Å². The van der Waals surface area contributed by atoms with Crippen LogP contribution in [0.3, 0.4) is 0 Å². The number of amides is 1. The van der Waals surface area contributed by atoms with Crippen LogP contribution in [-0.2, 0) is 17.9 Å². The van der Waals surface area contributed by atoms with E-state index in [1.165, 1.54) is 12.1 Å². The third-order valence-corrected chi connectivity index (χ3v) is 5.48. The Labute approximate surface area is 156 Å². The first-order chi connectivity index (χ1) is 12.9. The minimum absolute atomic E-state index is 0.0161. The zero-order chi connectivity index (χ0) is 19.0. The van der Waals surface area contributed by atoms with Gasteiger partial charge in [-0.1, -0.05) is 0 Å². The summed E-state index contributed by atoms with van der Waals surface area (Å²) in [5.74, 6) is 0.541. The average Bonchev–Trinajstić information content (AvgIpc) is 3.22. The highest BCUT2D eigenvalue weighted by atomic mass is 19.1. The largest absolute Gasteiger partial charge is 0.388 e. The summed E-state index contributed by atoms with van der Waals surface area (Å²) in [6.07, 6.45) is 6.45. The van der Waals surface area contributed by atoms with Gasteiger partial charge in [0.1, 0.15) is 18.2 Å². The lowest BCUT2D eigenvalue weighted by Crippen LogP contribution is -2.49. The summed E-state index contributed by atoms with van der Waals surface area (Å²) in [6.45, 7) is 3.59. The van der Waals surface area contributed by atoms with Crippen LogP contribution in [0.5, 0.6) is 0 Å². The monoisotopic (exact) mass is 370 g/mol. The summed E-state index contributed by atoms with van der Waals surface area (Å²) in [6, 6.07) is 6.46. The molecule has 0 unspecified atom stereocenters. The van der Waals surface area contributed by atoms with Crippen LogP contribution in [0.1, 0.15) is 18.7 Å². The van der Waals surface area contributed by atoms with Crippen molar-refractivity contribution in [3.8, 4) is 0 Å². The first kappa shape index (κ1) is 17.7. The molecule has 7 heteroatoms. The van der Waals surface area contributed by atoms with Gasteiger partial charge in [-0.3, -0.25) is 4.79 Å².